The van der Waals surface area contributed by atoms with Crippen molar-refractivity contribution in [3.63, 3.8) is 0 Å². The maximum atomic E-state index is 13.3. The number of hydrogen-bond donors (Lipinski definition) is 2. The number of benzene rings is 4. The second-order valence-electron chi connectivity index (χ2n) is 9.31. The molecule has 0 saturated carbocycles. The van der Waals surface area contributed by atoms with Crippen molar-refractivity contribution in [2.24, 2.45) is 5.10 Å². The molecule has 4 aromatic rings. The van der Waals surface area contributed by atoms with Crippen LogP contribution in [0, 0.1) is 0 Å². The van der Waals surface area contributed by atoms with Gasteiger partial charge in [0.15, 0.2) is 6.61 Å². The lowest BCUT2D eigenvalue weighted by molar-refractivity contribution is -0.121. The van der Waals surface area contributed by atoms with E-state index in [1.807, 2.05) is 30.3 Å². The monoisotopic (exact) mass is 600 g/mol. The van der Waals surface area contributed by atoms with E-state index in [0.717, 1.165) is 9.87 Å². The number of carbonyl (C=O) groups excluding carboxylic acids is 2. The Labute approximate surface area is 251 Å². The van der Waals surface area contributed by atoms with Gasteiger partial charge >= 0.3 is 0 Å². The standard InChI is InChI=1S/C32H32N4O6S/c1-41-28-18-14-27(15-19-28)34-32(38)24-42-29-16-12-26(13-17-29)22-33-35-31(37)23-36(21-20-25-8-4-2-5-9-25)43(39,40)30-10-6-3-7-11-30/h2-19,22H,20-21,23-24H2,1H3,(H,34,38)(H,35,37)/b33-22-. The number of rotatable bonds is 14. The van der Waals surface area contributed by atoms with E-state index in [1.165, 1.54) is 18.3 Å². The minimum Gasteiger partial charge on any atom is -0.497 e. The van der Waals surface area contributed by atoms with Crippen molar-refractivity contribution in [1.82, 2.24) is 9.73 Å². The Morgan fingerprint density at radius 3 is 2.09 bits per heavy atom. The number of hydrogen-bond acceptors (Lipinski definition) is 7. The molecule has 0 aliphatic heterocycles. The van der Waals surface area contributed by atoms with Crippen LogP contribution in [-0.4, -0.2) is 57.6 Å². The van der Waals surface area contributed by atoms with Crippen molar-refractivity contribution < 1.29 is 27.5 Å². The molecule has 2 amide bonds. The number of amides is 2. The van der Waals surface area contributed by atoms with Crippen LogP contribution in [0.25, 0.3) is 0 Å². The topological polar surface area (TPSA) is 126 Å². The summed E-state index contributed by atoms with van der Waals surface area (Å²) >= 11 is 0. The lowest BCUT2D eigenvalue weighted by atomic mass is 10.1. The molecule has 4 aromatic carbocycles. The van der Waals surface area contributed by atoms with E-state index in [-0.39, 0.29) is 24.0 Å². The Morgan fingerprint density at radius 2 is 1.44 bits per heavy atom. The average Bonchev–Trinajstić information content (AvgIpc) is 3.04. The largest absolute Gasteiger partial charge is 0.497 e. The summed E-state index contributed by atoms with van der Waals surface area (Å²) < 4.78 is 38.4. The van der Waals surface area contributed by atoms with Crippen LogP contribution in [-0.2, 0) is 26.0 Å². The summed E-state index contributed by atoms with van der Waals surface area (Å²) in [5.41, 5.74) is 4.64. The van der Waals surface area contributed by atoms with Gasteiger partial charge in [0.05, 0.1) is 24.8 Å². The van der Waals surface area contributed by atoms with Gasteiger partial charge in [-0.3, -0.25) is 9.59 Å². The Kier molecular flexibility index (Phi) is 11.0. The predicted octanol–water partition coefficient (Wildman–Crippen LogP) is 4.10. The average molecular weight is 601 g/mol. The molecule has 0 unspecified atom stereocenters. The third-order valence-corrected chi connectivity index (χ3v) is 8.08. The van der Waals surface area contributed by atoms with E-state index in [4.69, 9.17) is 9.47 Å². The molecule has 0 saturated heterocycles. The number of ether oxygens (including phenoxy) is 2. The molecular weight excluding hydrogens is 568 g/mol. The molecule has 0 aromatic heterocycles. The van der Waals surface area contributed by atoms with Crippen molar-refractivity contribution in [3.05, 3.63) is 120 Å². The summed E-state index contributed by atoms with van der Waals surface area (Å²) in [6.45, 7) is -0.451. The fourth-order valence-electron chi connectivity index (χ4n) is 3.97. The summed E-state index contributed by atoms with van der Waals surface area (Å²) in [4.78, 5) is 25.0. The maximum absolute atomic E-state index is 13.3. The molecule has 2 N–H and O–H groups in total. The van der Waals surface area contributed by atoms with Gasteiger partial charge < -0.3 is 14.8 Å². The molecule has 43 heavy (non-hydrogen) atoms. The number of sulfonamides is 1. The van der Waals surface area contributed by atoms with E-state index in [1.54, 1.807) is 73.8 Å². The highest BCUT2D eigenvalue weighted by atomic mass is 32.2. The van der Waals surface area contributed by atoms with Gasteiger partial charge in [0, 0.05) is 12.2 Å². The number of anilines is 1. The molecule has 0 bridgehead atoms. The lowest BCUT2D eigenvalue weighted by Gasteiger charge is -2.21. The van der Waals surface area contributed by atoms with Crippen molar-refractivity contribution in [3.8, 4) is 11.5 Å². The van der Waals surface area contributed by atoms with E-state index in [2.05, 4.69) is 15.8 Å². The highest BCUT2D eigenvalue weighted by Crippen LogP contribution is 2.17. The summed E-state index contributed by atoms with van der Waals surface area (Å²) in [5.74, 6) is 0.276. The first-order valence-electron chi connectivity index (χ1n) is 13.4. The smallest absolute Gasteiger partial charge is 0.262 e. The first kappa shape index (κ1) is 30.9. The normalized spacial score (nSPS) is 11.3. The van der Waals surface area contributed by atoms with Crippen LogP contribution in [0.5, 0.6) is 11.5 Å². The summed E-state index contributed by atoms with van der Waals surface area (Å²) in [5, 5.41) is 6.71. The molecular formula is C32H32N4O6S. The summed E-state index contributed by atoms with van der Waals surface area (Å²) in [6, 6.07) is 31.2. The number of nitrogens with zero attached hydrogens (tertiary/aromatic N) is 2. The molecule has 0 aliphatic rings. The number of methoxy groups -OCH3 is 1. The van der Waals surface area contributed by atoms with Crippen molar-refractivity contribution in [1.29, 1.82) is 0 Å². The lowest BCUT2D eigenvalue weighted by Crippen LogP contribution is -2.40. The predicted molar refractivity (Wildman–Crippen MR) is 165 cm³/mol. The third kappa shape index (κ3) is 9.52. The fraction of sp³-hybridized carbons (Fsp3) is 0.156. The molecule has 0 radical (unpaired) electrons. The SMILES string of the molecule is COc1ccc(NC(=O)COc2ccc(/C=N\NC(=O)CN(CCc3ccccc3)S(=O)(=O)c3ccccc3)cc2)cc1. The minimum absolute atomic E-state index is 0.111. The highest BCUT2D eigenvalue weighted by Gasteiger charge is 2.26. The molecule has 0 heterocycles. The first-order chi connectivity index (χ1) is 20.8. The zero-order valence-corrected chi connectivity index (χ0v) is 24.4. The quantitative estimate of drug-likeness (QED) is 0.166. The molecule has 222 valence electrons. The van der Waals surface area contributed by atoms with Gasteiger partial charge in [0.2, 0.25) is 10.0 Å². The van der Waals surface area contributed by atoms with Crippen molar-refractivity contribution >= 4 is 33.7 Å². The third-order valence-electron chi connectivity index (χ3n) is 6.22. The number of carbonyl (C=O) groups is 2. The Morgan fingerprint density at radius 1 is 0.814 bits per heavy atom. The van der Waals surface area contributed by atoms with Crippen LogP contribution in [0.4, 0.5) is 5.69 Å². The van der Waals surface area contributed by atoms with Gasteiger partial charge in [-0.2, -0.15) is 9.41 Å². The zero-order chi connectivity index (χ0) is 30.5. The van der Waals surface area contributed by atoms with Gasteiger partial charge in [-0.15, -0.1) is 0 Å². The van der Waals surface area contributed by atoms with Crippen LogP contribution in [0.2, 0.25) is 0 Å². The van der Waals surface area contributed by atoms with Crippen LogP contribution in [0.1, 0.15) is 11.1 Å². The molecule has 11 heteroatoms. The van der Waals surface area contributed by atoms with Crippen LogP contribution >= 0.6 is 0 Å². The van der Waals surface area contributed by atoms with E-state index in [0.29, 0.717) is 29.2 Å². The number of nitrogens with one attached hydrogen (secondary N) is 2. The van der Waals surface area contributed by atoms with Crippen LogP contribution in [0.15, 0.2) is 119 Å². The molecule has 4 rings (SSSR count). The van der Waals surface area contributed by atoms with Crippen molar-refractivity contribution in [2.75, 3.05) is 32.1 Å². The Balaban J connectivity index is 1.29. The first-order valence-corrected chi connectivity index (χ1v) is 14.9. The summed E-state index contributed by atoms with van der Waals surface area (Å²) in [6.07, 6.45) is 1.87. The van der Waals surface area contributed by atoms with Crippen LogP contribution < -0.4 is 20.2 Å². The van der Waals surface area contributed by atoms with E-state index < -0.39 is 22.5 Å². The molecule has 0 fully saturated rings. The molecule has 0 aliphatic carbocycles. The van der Waals surface area contributed by atoms with Gasteiger partial charge in [-0.1, -0.05) is 48.5 Å². The van der Waals surface area contributed by atoms with E-state index in [9.17, 15) is 18.0 Å². The second kappa shape index (κ2) is 15.3. The van der Waals surface area contributed by atoms with Gasteiger partial charge in [0.1, 0.15) is 11.5 Å². The molecule has 10 nitrogen and oxygen atoms in total. The Bertz CT molecular complexity index is 1610. The fourth-order valence-corrected chi connectivity index (χ4v) is 5.39. The van der Waals surface area contributed by atoms with Gasteiger partial charge in [-0.05, 0) is 78.2 Å². The molecule has 0 spiro atoms. The van der Waals surface area contributed by atoms with E-state index >= 15 is 0 Å². The van der Waals surface area contributed by atoms with Gasteiger partial charge in [0.25, 0.3) is 11.8 Å². The summed E-state index contributed by atoms with van der Waals surface area (Å²) in [7, 11) is -2.34. The van der Waals surface area contributed by atoms with Crippen LogP contribution in [0.3, 0.4) is 0 Å². The maximum Gasteiger partial charge on any atom is 0.262 e. The molecule has 0 atom stereocenters. The van der Waals surface area contributed by atoms with Gasteiger partial charge in [-0.25, -0.2) is 13.8 Å². The number of hydrazone groups is 1. The minimum atomic E-state index is -3.91. The highest BCUT2D eigenvalue weighted by molar-refractivity contribution is 7.89. The Hall–Kier alpha value is -5.00. The second-order valence-corrected chi connectivity index (χ2v) is 11.3. The van der Waals surface area contributed by atoms with Crippen molar-refractivity contribution in [2.45, 2.75) is 11.3 Å². The zero-order valence-electron chi connectivity index (χ0n) is 23.6.